The molecule has 110 valence electrons. The molecule has 0 saturated carbocycles. The fourth-order valence-electron chi connectivity index (χ4n) is 1.82. The van der Waals surface area contributed by atoms with Gasteiger partial charge in [-0.3, -0.25) is 14.7 Å². The van der Waals surface area contributed by atoms with Gasteiger partial charge < -0.3 is 10.6 Å². The third-order valence-corrected chi connectivity index (χ3v) is 3.03. The van der Waals surface area contributed by atoms with Gasteiger partial charge in [0, 0.05) is 24.7 Å². The molecule has 0 spiro atoms. The van der Waals surface area contributed by atoms with Crippen LogP contribution in [0.15, 0.2) is 18.2 Å². The second-order valence-corrected chi connectivity index (χ2v) is 4.52. The number of aromatic nitrogens is 3. The lowest BCUT2D eigenvalue weighted by atomic mass is 10.1. The number of amides is 2. The van der Waals surface area contributed by atoms with E-state index in [1.54, 1.807) is 25.2 Å². The molecule has 0 aliphatic heterocycles. The Kier molecular flexibility index (Phi) is 4.32. The third kappa shape index (κ3) is 3.25. The maximum Gasteiger partial charge on any atom is 0.295 e. The first-order valence-corrected chi connectivity index (χ1v) is 6.60. The Morgan fingerprint density at radius 2 is 2.05 bits per heavy atom. The highest BCUT2D eigenvalue weighted by Gasteiger charge is 2.14. The van der Waals surface area contributed by atoms with E-state index in [0.29, 0.717) is 23.5 Å². The average Bonchev–Trinajstić information content (AvgIpc) is 2.97. The highest BCUT2D eigenvalue weighted by molar-refractivity contribution is 6.02. The highest BCUT2D eigenvalue weighted by Crippen LogP contribution is 2.17. The topological polar surface area (TPSA) is 99.8 Å². The summed E-state index contributed by atoms with van der Waals surface area (Å²) in [6, 6.07) is 5.05. The van der Waals surface area contributed by atoms with Gasteiger partial charge >= 0.3 is 0 Å². The second-order valence-electron chi connectivity index (χ2n) is 4.52. The number of rotatable bonds is 4. The second kappa shape index (κ2) is 6.17. The first-order chi connectivity index (χ1) is 10.0. The van der Waals surface area contributed by atoms with Crippen LogP contribution in [0.3, 0.4) is 0 Å². The summed E-state index contributed by atoms with van der Waals surface area (Å²) in [4.78, 5) is 27.6. The summed E-state index contributed by atoms with van der Waals surface area (Å²) in [5.41, 5.74) is 1.95. The lowest BCUT2D eigenvalue weighted by Gasteiger charge is -2.08. The number of carbonyl (C=O) groups is 2. The molecule has 0 aliphatic carbocycles. The largest absolute Gasteiger partial charge is 0.355 e. The molecule has 0 radical (unpaired) electrons. The van der Waals surface area contributed by atoms with Gasteiger partial charge in [0.25, 0.3) is 11.8 Å². The van der Waals surface area contributed by atoms with Gasteiger partial charge in [-0.2, -0.15) is 0 Å². The van der Waals surface area contributed by atoms with Crippen LogP contribution < -0.4 is 10.6 Å². The molecule has 1 aromatic heterocycles. The number of carbonyl (C=O) groups excluding carboxylic acids is 2. The van der Waals surface area contributed by atoms with Crippen molar-refractivity contribution in [3.63, 3.8) is 0 Å². The van der Waals surface area contributed by atoms with Crippen LogP contribution in [0.2, 0.25) is 0 Å². The number of aromatic amines is 1. The van der Waals surface area contributed by atoms with Gasteiger partial charge in [-0.25, -0.2) is 4.98 Å². The minimum Gasteiger partial charge on any atom is -0.355 e. The van der Waals surface area contributed by atoms with Crippen molar-refractivity contribution in [1.29, 1.82) is 0 Å². The highest BCUT2D eigenvalue weighted by atomic mass is 16.2. The van der Waals surface area contributed by atoms with Gasteiger partial charge in [0.05, 0.1) is 0 Å². The lowest BCUT2D eigenvalue weighted by molar-refractivity contribution is 0.0962. The van der Waals surface area contributed by atoms with Crippen molar-refractivity contribution < 1.29 is 9.59 Å². The smallest absolute Gasteiger partial charge is 0.295 e. The Balaban J connectivity index is 2.16. The zero-order chi connectivity index (χ0) is 15.4. The Morgan fingerprint density at radius 1 is 1.29 bits per heavy atom. The first kappa shape index (κ1) is 14.7. The van der Waals surface area contributed by atoms with Gasteiger partial charge in [0.2, 0.25) is 5.82 Å². The normalized spacial score (nSPS) is 10.2. The lowest BCUT2D eigenvalue weighted by Crippen LogP contribution is -2.18. The van der Waals surface area contributed by atoms with Gasteiger partial charge in [-0.15, -0.1) is 5.10 Å². The van der Waals surface area contributed by atoms with Crippen LogP contribution in [0.5, 0.6) is 0 Å². The van der Waals surface area contributed by atoms with Crippen molar-refractivity contribution >= 4 is 17.5 Å². The molecule has 3 N–H and O–H groups in total. The number of hydrogen-bond donors (Lipinski definition) is 3. The predicted molar refractivity (Wildman–Crippen MR) is 78.3 cm³/mol. The van der Waals surface area contributed by atoms with E-state index in [1.165, 1.54) is 0 Å². The van der Waals surface area contributed by atoms with Crippen LogP contribution >= 0.6 is 0 Å². The fourth-order valence-corrected chi connectivity index (χ4v) is 1.82. The standard InChI is InChI=1S/C14H17N5O2/c1-4-11-17-12(19-18-11)14(21)16-10-6-5-9(7-8(10)2)13(20)15-3/h5-7H,4H2,1-3H3,(H,15,20)(H,16,21)(H,17,18,19). The van der Waals surface area contributed by atoms with Gasteiger partial charge in [0.15, 0.2) is 0 Å². The monoisotopic (exact) mass is 287 g/mol. The minimum atomic E-state index is -0.387. The molecule has 2 rings (SSSR count). The first-order valence-electron chi connectivity index (χ1n) is 6.60. The molecule has 1 heterocycles. The van der Waals surface area contributed by atoms with E-state index < -0.39 is 0 Å². The Bertz CT molecular complexity index is 678. The number of hydrogen-bond acceptors (Lipinski definition) is 4. The molecule has 0 saturated heterocycles. The summed E-state index contributed by atoms with van der Waals surface area (Å²) in [5, 5.41) is 11.8. The van der Waals surface area contributed by atoms with Crippen LogP contribution in [-0.4, -0.2) is 34.0 Å². The summed E-state index contributed by atoms with van der Waals surface area (Å²) in [6.45, 7) is 3.74. The maximum absolute atomic E-state index is 12.0. The van der Waals surface area contributed by atoms with Crippen molar-refractivity contribution in [2.75, 3.05) is 12.4 Å². The quantitative estimate of drug-likeness (QED) is 0.788. The van der Waals surface area contributed by atoms with Gasteiger partial charge in [0.1, 0.15) is 5.82 Å². The molecule has 0 fully saturated rings. The molecular weight excluding hydrogens is 270 g/mol. The van der Waals surface area contributed by atoms with Crippen molar-refractivity contribution in [1.82, 2.24) is 20.5 Å². The number of nitrogens with one attached hydrogen (secondary N) is 3. The molecule has 2 amide bonds. The van der Waals surface area contributed by atoms with E-state index in [0.717, 1.165) is 5.56 Å². The molecule has 0 aliphatic rings. The van der Waals surface area contributed by atoms with E-state index in [9.17, 15) is 9.59 Å². The molecular formula is C14H17N5O2. The van der Waals surface area contributed by atoms with Crippen LogP contribution in [0.25, 0.3) is 0 Å². The van der Waals surface area contributed by atoms with Crippen molar-refractivity contribution in [2.45, 2.75) is 20.3 Å². The Morgan fingerprint density at radius 3 is 2.62 bits per heavy atom. The van der Waals surface area contributed by atoms with Gasteiger partial charge in [-0.05, 0) is 30.7 Å². The predicted octanol–water partition coefficient (Wildman–Crippen LogP) is 1.29. The Labute approximate surface area is 122 Å². The Hall–Kier alpha value is -2.70. The summed E-state index contributed by atoms with van der Waals surface area (Å²) in [6.07, 6.45) is 0.681. The fraction of sp³-hybridized carbons (Fsp3) is 0.286. The maximum atomic E-state index is 12.0. The number of aryl methyl sites for hydroxylation is 2. The molecule has 7 nitrogen and oxygen atoms in total. The van der Waals surface area contributed by atoms with E-state index >= 15 is 0 Å². The van der Waals surface area contributed by atoms with Crippen molar-refractivity contribution in [2.24, 2.45) is 0 Å². The van der Waals surface area contributed by atoms with E-state index in [4.69, 9.17) is 0 Å². The molecule has 0 unspecified atom stereocenters. The zero-order valence-electron chi connectivity index (χ0n) is 12.2. The molecule has 0 atom stereocenters. The summed E-state index contributed by atoms with van der Waals surface area (Å²) in [5.74, 6) is 0.202. The summed E-state index contributed by atoms with van der Waals surface area (Å²) in [7, 11) is 1.57. The number of anilines is 1. The van der Waals surface area contributed by atoms with Crippen LogP contribution in [-0.2, 0) is 6.42 Å². The minimum absolute atomic E-state index is 0.0987. The van der Waals surface area contributed by atoms with Crippen LogP contribution in [0.1, 0.15) is 39.3 Å². The molecule has 0 bridgehead atoms. The molecule has 1 aromatic carbocycles. The average molecular weight is 287 g/mol. The molecule has 21 heavy (non-hydrogen) atoms. The zero-order valence-corrected chi connectivity index (χ0v) is 12.2. The summed E-state index contributed by atoms with van der Waals surface area (Å²) >= 11 is 0. The third-order valence-electron chi connectivity index (χ3n) is 3.03. The SMILES string of the molecule is CCc1nc(C(=O)Nc2ccc(C(=O)NC)cc2C)n[nH]1. The number of benzene rings is 1. The number of H-pyrrole nitrogens is 1. The van der Waals surface area contributed by atoms with E-state index in [-0.39, 0.29) is 17.6 Å². The van der Waals surface area contributed by atoms with Crippen LogP contribution in [0.4, 0.5) is 5.69 Å². The van der Waals surface area contributed by atoms with Crippen LogP contribution in [0, 0.1) is 6.92 Å². The molecule has 7 heteroatoms. The van der Waals surface area contributed by atoms with Gasteiger partial charge in [-0.1, -0.05) is 6.92 Å². The van der Waals surface area contributed by atoms with E-state index in [1.807, 2.05) is 13.8 Å². The van der Waals surface area contributed by atoms with Crippen molar-refractivity contribution in [3.8, 4) is 0 Å². The van der Waals surface area contributed by atoms with E-state index in [2.05, 4.69) is 25.8 Å². The molecule has 2 aromatic rings. The van der Waals surface area contributed by atoms with Crippen molar-refractivity contribution in [3.05, 3.63) is 41.0 Å². The summed E-state index contributed by atoms with van der Waals surface area (Å²) < 4.78 is 0. The number of nitrogens with zero attached hydrogens (tertiary/aromatic N) is 2.